The molecule has 110 valence electrons. The molecule has 0 aliphatic heterocycles. The summed E-state index contributed by atoms with van der Waals surface area (Å²) in [6.07, 6.45) is 1.57. The summed E-state index contributed by atoms with van der Waals surface area (Å²) in [4.78, 5) is 23.2. The summed E-state index contributed by atoms with van der Waals surface area (Å²) in [5.74, 6) is 0.285. The Kier molecular flexibility index (Phi) is 4.68. The van der Waals surface area contributed by atoms with Crippen LogP contribution in [-0.4, -0.2) is 16.1 Å². The lowest BCUT2D eigenvalue weighted by atomic mass is 10.1. The lowest BCUT2D eigenvalue weighted by Gasteiger charge is -2.11. The fraction of sp³-hybridized carbons (Fsp3) is 0.353. The normalized spacial score (nSPS) is 10.9. The Bertz CT molecular complexity index is 685. The molecule has 4 heteroatoms. The van der Waals surface area contributed by atoms with Gasteiger partial charge in [0.15, 0.2) is 6.29 Å². The van der Waals surface area contributed by atoms with Crippen LogP contribution in [0.5, 0.6) is 0 Å². The van der Waals surface area contributed by atoms with Gasteiger partial charge in [-0.15, -0.1) is 0 Å². The highest BCUT2D eigenvalue weighted by atomic mass is 16.1. The maximum atomic E-state index is 12.1. The molecule has 0 fully saturated rings. The molecule has 2 rings (SSSR count). The fourth-order valence-corrected chi connectivity index (χ4v) is 2.17. The first-order chi connectivity index (χ1) is 10.0. The summed E-state index contributed by atoms with van der Waals surface area (Å²) in [6.45, 7) is 6.62. The van der Waals surface area contributed by atoms with Gasteiger partial charge in [0.05, 0.1) is 11.3 Å². The highest BCUT2D eigenvalue weighted by Gasteiger charge is 2.10. The third-order valence-corrected chi connectivity index (χ3v) is 3.33. The first kappa shape index (κ1) is 15.2. The zero-order valence-electron chi connectivity index (χ0n) is 12.7. The van der Waals surface area contributed by atoms with Crippen LogP contribution in [-0.2, 0) is 13.0 Å². The summed E-state index contributed by atoms with van der Waals surface area (Å²) in [6, 6.07) is 9.58. The molecule has 1 aromatic carbocycles. The maximum Gasteiger partial charge on any atom is 0.277 e. The highest BCUT2D eigenvalue weighted by Crippen LogP contribution is 2.17. The van der Waals surface area contributed by atoms with E-state index < -0.39 is 0 Å². The third kappa shape index (κ3) is 3.45. The van der Waals surface area contributed by atoms with Crippen molar-refractivity contribution < 1.29 is 4.79 Å². The van der Waals surface area contributed by atoms with Crippen LogP contribution in [0.2, 0.25) is 0 Å². The number of aryl methyl sites for hydroxylation is 1. The van der Waals surface area contributed by atoms with Gasteiger partial charge >= 0.3 is 0 Å². The predicted molar refractivity (Wildman–Crippen MR) is 83.5 cm³/mol. The smallest absolute Gasteiger partial charge is 0.277 e. The summed E-state index contributed by atoms with van der Waals surface area (Å²) in [7, 11) is 0. The minimum Gasteiger partial charge on any atom is -0.298 e. The third-order valence-electron chi connectivity index (χ3n) is 3.33. The molecule has 0 aliphatic rings. The van der Waals surface area contributed by atoms with Crippen molar-refractivity contribution in [3.05, 3.63) is 51.8 Å². The lowest BCUT2D eigenvalue weighted by Crippen LogP contribution is -2.28. The van der Waals surface area contributed by atoms with Crippen molar-refractivity contribution in [3.63, 3.8) is 0 Å². The fourth-order valence-electron chi connectivity index (χ4n) is 2.17. The minimum atomic E-state index is -0.326. The molecular formula is C17H20N2O2. The molecule has 1 heterocycles. The Labute approximate surface area is 124 Å². The molecule has 0 atom stereocenters. The molecule has 2 aromatic rings. The van der Waals surface area contributed by atoms with Gasteiger partial charge < -0.3 is 0 Å². The number of aldehydes is 1. The van der Waals surface area contributed by atoms with E-state index in [0.717, 1.165) is 12.0 Å². The molecule has 0 saturated carbocycles. The molecule has 0 aliphatic carbocycles. The van der Waals surface area contributed by atoms with Crippen LogP contribution in [0.3, 0.4) is 0 Å². The summed E-state index contributed by atoms with van der Waals surface area (Å²) in [5, 5.41) is 4.39. The Morgan fingerprint density at radius 1 is 1.24 bits per heavy atom. The van der Waals surface area contributed by atoms with Gasteiger partial charge in [-0.2, -0.15) is 5.10 Å². The molecule has 0 spiro atoms. The number of rotatable bonds is 5. The largest absolute Gasteiger partial charge is 0.298 e. The minimum absolute atomic E-state index is 0.153. The topological polar surface area (TPSA) is 52.0 Å². The van der Waals surface area contributed by atoms with Gasteiger partial charge in [-0.25, -0.2) is 4.68 Å². The van der Waals surface area contributed by atoms with Crippen molar-refractivity contribution in [2.75, 3.05) is 0 Å². The van der Waals surface area contributed by atoms with Crippen LogP contribution in [0.1, 0.15) is 36.7 Å². The SMILES string of the molecule is CCc1ccc(-c2cc(C=O)c(=O)n(CC(C)C)n2)cc1. The second kappa shape index (κ2) is 6.48. The van der Waals surface area contributed by atoms with Crippen LogP contribution in [0, 0.1) is 5.92 Å². The predicted octanol–water partition coefficient (Wildman–Crippen LogP) is 2.94. The monoisotopic (exact) mass is 284 g/mol. The number of aromatic nitrogens is 2. The van der Waals surface area contributed by atoms with E-state index in [1.807, 2.05) is 38.1 Å². The lowest BCUT2D eigenvalue weighted by molar-refractivity contribution is 0.112. The van der Waals surface area contributed by atoms with Gasteiger partial charge in [-0.3, -0.25) is 9.59 Å². The number of hydrogen-bond acceptors (Lipinski definition) is 3. The van der Waals surface area contributed by atoms with E-state index in [2.05, 4.69) is 12.0 Å². The van der Waals surface area contributed by atoms with Crippen molar-refractivity contribution >= 4 is 6.29 Å². The van der Waals surface area contributed by atoms with E-state index in [0.29, 0.717) is 18.5 Å². The molecule has 0 radical (unpaired) electrons. The molecule has 0 saturated heterocycles. The number of benzene rings is 1. The maximum absolute atomic E-state index is 12.1. The zero-order chi connectivity index (χ0) is 15.4. The van der Waals surface area contributed by atoms with E-state index in [1.54, 1.807) is 6.07 Å². The molecule has 0 N–H and O–H groups in total. The Morgan fingerprint density at radius 2 is 1.90 bits per heavy atom. The summed E-state index contributed by atoms with van der Waals surface area (Å²) < 4.78 is 1.39. The highest BCUT2D eigenvalue weighted by molar-refractivity contribution is 5.76. The summed E-state index contributed by atoms with van der Waals surface area (Å²) >= 11 is 0. The molecule has 0 amide bonds. The van der Waals surface area contributed by atoms with Gasteiger partial charge in [-0.05, 0) is 24.0 Å². The van der Waals surface area contributed by atoms with Crippen molar-refractivity contribution in [2.45, 2.75) is 33.7 Å². The van der Waals surface area contributed by atoms with Crippen molar-refractivity contribution in [3.8, 4) is 11.3 Å². The van der Waals surface area contributed by atoms with Crippen LogP contribution in [0.4, 0.5) is 0 Å². The Hall–Kier alpha value is -2.23. The number of carbonyl (C=O) groups excluding carboxylic acids is 1. The number of hydrogen-bond donors (Lipinski definition) is 0. The van der Waals surface area contributed by atoms with Gasteiger partial charge in [0.2, 0.25) is 0 Å². The molecular weight excluding hydrogens is 264 g/mol. The van der Waals surface area contributed by atoms with Crippen LogP contribution in [0.25, 0.3) is 11.3 Å². The first-order valence-electron chi connectivity index (χ1n) is 7.21. The molecule has 0 unspecified atom stereocenters. The number of carbonyl (C=O) groups is 1. The van der Waals surface area contributed by atoms with Crippen LogP contribution < -0.4 is 5.56 Å². The van der Waals surface area contributed by atoms with Crippen molar-refractivity contribution in [1.29, 1.82) is 0 Å². The van der Waals surface area contributed by atoms with Gasteiger partial charge in [-0.1, -0.05) is 45.0 Å². The van der Waals surface area contributed by atoms with Gasteiger partial charge in [0.25, 0.3) is 5.56 Å². The van der Waals surface area contributed by atoms with Gasteiger partial charge in [0, 0.05) is 12.1 Å². The first-order valence-corrected chi connectivity index (χ1v) is 7.21. The Morgan fingerprint density at radius 3 is 2.43 bits per heavy atom. The quantitative estimate of drug-likeness (QED) is 0.793. The number of nitrogens with zero attached hydrogens (tertiary/aromatic N) is 2. The second-order valence-electron chi connectivity index (χ2n) is 5.53. The molecule has 0 bridgehead atoms. The average Bonchev–Trinajstić information content (AvgIpc) is 2.49. The van der Waals surface area contributed by atoms with Crippen molar-refractivity contribution in [1.82, 2.24) is 9.78 Å². The zero-order valence-corrected chi connectivity index (χ0v) is 12.7. The molecule has 21 heavy (non-hydrogen) atoms. The van der Waals surface area contributed by atoms with Crippen LogP contribution >= 0.6 is 0 Å². The van der Waals surface area contributed by atoms with E-state index in [-0.39, 0.29) is 17.0 Å². The summed E-state index contributed by atoms with van der Waals surface area (Å²) in [5.41, 5.74) is 2.63. The van der Waals surface area contributed by atoms with E-state index >= 15 is 0 Å². The Balaban J connectivity index is 2.52. The second-order valence-corrected chi connectivity index (χ2v) is 5.53. The van der Waals surface area contributed by atoms with E-state index in [4.69, 9.17) is 0 Å². The van der Waals surface area contributed by atoms with Gasteiger partial charge in [0.1, 0.15) is 0 Å². The standard InChI is InChI=1S/C17H20N2O2/c1-4-13-5-7-14(8-6-13)16-9-15(11-20)17(21)19(18-16)10-12(2)3/h5-9,11-12H,4,10H2,1-3H3. The average molecular weight is 284 g/mol. The van der Waals surface area contributed by atoms with E-state index in [1.165, 1.54) is 10.2 Å². The molecule has 1 aromatic heterocycles. The van der Waals surface area contributed by atoms with Crippen molar-refractivity contribution in [2.24, 2.45) is 5.92 Å². The van der Waals surface area contributed by atoms with Crippen LogP contribution in [0.15, 0.2) is 35.1 Å². The van der Waals surface area contributed by atoms with E-state index in [9.17, 15) is 9.59 Å². The molecule has 4 nitrogen and oxygen atoms in total.